The minimum atomic E-state index is -3.08. The van der Waals surface area contributed by atoms with Crippen LogP contribution in [-0.4, -0.2) is 67.1 Å². The molecule has 0 bridgehead atoms. The van der Waals surface area contributed by atoms with Gasteiger partial charge in [0.2, 0.25) is 12.0 Å². The summed E-state index contributed by atoms with van der Waals surface area (Å²) in [5.74, 6) is -2.33. The van der Waals surface area contributed by atoms with Gasteiger partial charge in [-0.3, -0.25) is 0 Å². The van der Waals surface area contributed by atoms with Crippen LogP contribution in [0.3, 0.4) is 0 Å². The molecule has 1 fully saturated rings. The number of alkyl halides is 1. The van der Waals surface area contributed by atoms with Crippen LogP contribution in [0.15, 0.2) is 12.0 Å². The third-order valence-corrected chi connectivity index (χ3v) is 3.56. The Labute approximate surface area is 123 Å². The molecule has 0 aromatic rings. The first kappa shape index (κ1) is 16.0. The van der Waals surface area contributed by atoms with Crippen LogP contribution in [0.1, 0.15) is 0 Å². The number of thiocarbonyl (C=S) groups is 1. The van der Waals surface area contributed by atoms with E-state index in [1.54, 1.807) is 5.92 Å². The molecule has 0 saturated carbocycles. The molecule has 0 aromatic carbocycles. The highest BCUT2D eigenvalue weighted by Gasteiger charge is 2.66. The zero-order chi connectivity index (χ0) is 16.0. The topological polar surface area (TPSA) is 105 Å². The van der Waals surface area contributed by atoms with Crippen molar-refractivity contribution < 1.29 is 33.9 Å². The average Bonchev–Trinajstić information content (AvgIpc) is 2.66. The molecule has 0 spiro atoms. The van der Waals surface area contributed by atoms with E-state index in [1.807, 2.05) is 0 Å². The number of ether oxygens (including phenoxy) is 1. The predicted octanol–water partition coefficient (Wildman–Crippen LogP) is -1.95. The molecule has 10 heteroatoms. The van der Waals surface area contributed by atoms with Gasteiger partial charge in [-0.05, 0) is 0 Å². The fourth-order valence-electron chi connectivity index (χ4n) is 2.08. The molecule has 0 radical (unpaired) electrons. The van der Waals surface area contributed by atoms with E-state index in [-0.39, 0.29) is 0 Å². The highest BCUT2D eigenvalue weighted by Crippen LogP contribution is 2.41. The van der Waals surface area contributed by atoms with Crippen molar-refractivity contribution >= 4 is 17.2 Å². The minimum Gasteiger partial charge on any atom is -0.390 e. The molecule has 5 atom stereocenters. The Balaban J connectivity index is 2.43. The maximum atomic E-state index is 14.2. The Morgan fingerprint density at radius 1 is 1.57 bits per heavy atom. The van der Waals surface area contributed by atoms with Crippen molar-refractivity contribution in [3.63, 3.8) is 0 Å². The van der Waals surface area contributed by atoms with Crippen LogP contribution in [0.5, 0.6) is 0 Å². The summed E-state index contributed by atoms with van der Waals surface area (Å²) in [5.41, 5.74) is -2.64. The quantitative estimate of drug-likeness (QED) is 0.295. The Hall–Kier alpha value is -1.35. The average molecular weight is 322 g/mol. The van der Waals surface area contributed by atoms with Gasteiger partial charge in [-0.25, -0.2) is 8.78 Å². The highest BCUT2D eigenvalue weighted by atomic mass is 32.1. The molecule has 0 aliphatic carbocycles. The second-order valence-electron chi connectivity index (χ2n) is 4.56. The van der Waals surface area contributed by atoms with Gasteiger partial charge in [0.1, 0.15) is 11.6 Å². The first-order valence-corrected chi connectivity index (χ1v) is 6.10. The van der Waals surface area contributed by atoms with Gasteiger partial charge in [0, 0.05) is 6.20 Å². The Morgan fingerprint density at radius 2 is 2.19 bits per heavy atom. The van der Waals surface area contributed by atoms with Crippen LogP contribution >= 0.6 is 12.2 Å². The Morgan fingerprint density at radius 3 is 2.71 bits per heavy atom. The number of hydrogen-bond donors (Lipinski definition) is 5. The molecule has 0 amide bonds. The summed E-state index contributed by atoms with van der Waals surface area (Å²) in [6.45, 7) is -1.31. The standard InChI is InChI=1S/C11H12F2N2O5S/c1-2-10(19)7(17)11(13,4-16)20-8(10)15-3-5(12)6(21)14-9(15)18/h1,3,7-9,16-19H,4H2,(H,14,21). The van der Waals surface area contributed by atoms with Crippen LogP contribution in [0.2, 0.25) is 0 Å². The molecule has 0 aromatic heterocycles. The van der Waals surface area contributed by atoms with Gasteiger partial charge >= 0.3 is 0 Å². The van der Waals surface area contributed by atoms with Crippen molar-refractivity contribution in [2.45, 2.75) is 30.1 Å². The van der Waals surface area contributed by atoms with Crippen molar-refractivity contribution in [2.24, 2.45) is 0 Å². The van der Waals surface area contributed by atoms with Gasteiger partial charge in [-0.1, -0.05) is 18.1 Å². The van der Waals surface area contributed by atoms with E-state index in [9.17, 15) is 24.1 Å². The fraction of sp³-hybridized carbons (Fsp3) is 0.545. The SMILES string of the molecule is C#CC1(O)C(N2C=C(F)C(=S)NC2O)OC(F)(CO)C1O. The lowest BCUT2D eigenvalue weighted by Gasteiger charge is -2.39. The summed E-state index contributed by atoms with van der Waals surface area (Å²) >= 11 is 4.56. The second-order valence-corrected chi connectivity index (χ2v) is 4.97. The van der Waals surface area contributed by atoms with Crippen molar-refractivity contribution in [1.82, 2.24) is 10.2 Å². The van der Waals surface area contributed by atoms with Crippen LogP contribution in [0, 0.1) is 12.3 Å². The molecular weight excluding hydrogens is 310 g/mol. The minimum absolute atomic E-state index is 0.407. The van der Waals surface area contributed by atoms with Crippen LogP contribution in [-0.2, 0) is 4.74 Å². The normalized spacial score (nSPS) is 43.3. The zero-order valence-electron chi connectivity index (χ0n) is 10.4. The summed E-state index contributed by atoms with van der Waals surface area (Å²) in [4.78, 5) is 0.195. The number of rotatable bonds is 2. The lowest BCUT2D eigenvalue weighted by Crippen LogP contribution is -2.60. The largest absolute Gasteiger partial charge is 0.390 e. The smallest absolute Gasteiger partial charge is 0.264 e. The van der Waals surface area contributed by atoms with E-state index in [0.29, 0.717) is 11.1 Å². The molecule has 5 N–H and O–H groups in total. The summed E-state index contributed by atoms with van der Waals surface area (Å²) in [5, 5.41) is 40.8. The van der Waals surface area contributed by atoms with Crippen molar-refractivity contribution in [3.05, 3.63) is 12.0 Å². The van der Waals surface area contributed by atoms with Crippen LogP contribution < -0.4 is 5.32 Å². The van der Waals surface area contributed by atoms with Gasteiger partial charge < -0.3 is 35.4 Å². The van der Waals surface area contributed by atoms with Gasteiger partial charge in [0.05, 0.1) is 0 Å². The number of hydrogen-bond acceptors (Lipinski definition) is 7. The molecule has 21 heavy (non-hydrogen) atoms. The lowest BCUT2D eigenvalue weighted by molar-refractivity contribution is -0.226. The predicted molar refractivity (Wildman–Crippen MR) is 68.4 cm³/mol. The van der Waals surface area contributed by atoms with Gasteiger partial charge in [0.25, 0.3) is 5.85 Å². The highest BCUT2D eigenvalue weighted by molar-refractivity contribution is 7.80. The Bertz CT molecular complexity index is 541. The molecular formula is C11H12F2N2O5S. The molecule has 2 aliphatic rings. The van der Waals surface area contributed by atoms with Crippen molar-refractivity contribution in [2.75, 3.05) is 6.61 Å². The fourth-order valence-corrected chi connectivity index (χ4v) is 2.24. The van der Waals surface area contributed by atoms with E-state index >= 15 is 0 Å². The number of nitrogens with one attached hydrogen (secondary N) is 1. The number of terminal acetylenes is 1. The van der Waals surface area contributed by atoms with E-state index < -0.39 is 47.6 Å². The van der Waals surface area contributed by atoms with E-state index in [1.165, 1.54) is 0 Å². The van der Waals surface area contributed by atoms with Gasteiger partial charge in [-0.15, -0.1) is 6.42 Å². The number of nitrogens with zero attached hydrogens (tertiary/aromatic N) is 1. The molecule has 7 nitrogen and oxygen atoms in total. The summed E-state index contributed by atoms with van der Waals surface area (Å²) in [6, 6.07) is 0. The molecule has 116 valence electrons. The van der Waals surface area contributed by atoms with E-state index in [0.717, 1.165) is 0 Å². The molecule has 2 rings (SSSR count). The molecule has 2 heterocycles. The van der Waals surface area contributed by atoms with Gasteiger partial charge in [-0.2, -0.15) is 0 Å². The molecule has 5 unspecified atom stereocenters. The first-order chi connectivity index (χ1) is 9.69. The monoisotopic (exact) mass is 322 g/mol. The Kier molecular flexibility index (Phi) is 3.92. The summed E-state index contributed by atoms with van der Waals surface area (Å²) in [6.07, 6.45) is -0.145. The molecule has 2 aliphatic heterocycles. The van der Waals surface area contributed by atoms with E-state index in [2.05, 4.69) is 17.5 Å². The second kappa shape index (κ2) is 5.13. The van der Waals surface area contributed by atoms with Gasteiger partial charge in [0.15, 0.2) is 18.2 Å². The lowest BCUT2D eigenvalue weighted by atomic mass is 9.93. The number of halogens is 2. The third-order valence-electron chi connectivity index (χ3n) is 3.25. The zero-order valence-corrected chi connectivity index (χ0v) is 11.2. The van der Waals surface area contributed by atoms with Crippen molar-refractivity contribution in [1.29, 1.82) is 0 Å². The van der Waals surface area contributed by atoms with Crippen molar-refractivity contribution in [3.8, 4) is 12.3 Å². The number of aliphatic hydroxyl groups is 4. The summed E-state index contributed by atoms with van der Waals surface area (Å²) in [7, 11) is 0. The maximum Gasteiger partial charge on any atom is 0.264 e. The molecule has 1 saturated heterocycles. The third kappa shape index (κ3) is 2.28. The summed E-state index contributed by atoms with van der Waals surface area (Å²) < 4.78 is 32.4. The number of aliphatic hydroxyl groups excluding tert-OH is 3. The van der Waals surface area contributed by atoms with E-state index in [4.69, 9.17) is 16.3 Å². The van der Waals surface area contributed by atoms with Crippen LogP contribution in [0.25, 0.3) is 0 Å². The first-order valence-electron chi connectivity index (χ1n) is 5.69. The maximum absolute atomic E-state index is 14.2. The van der Waals surface area contributed by atoms with Crippen LogP contribution in [0.4, 0.5) is 8.78 Å².